The first kappa shape index (κ1) is 17.5. The summed E-state index contributed by atoms with van der Waals surface area (Å²) in [6.07, 6.45) is 3.78. The van der Waals surface area contributed by atoms with Crippen LogP contribution in [0.4, 0.5) is 10.8 Å². The molecule has 1 aromatic carbocycles. The van der Waals surface area contributed by atoms with Crippen molar-refractivity contribution in [3.63, 3.8) is 0 Å². The van der Waals surface area contributed by atoms with Crippen LogP contribution >= 0.6 is 23.1 Å². The zero-order chi connectivity index (χ0) is 18.3. The van der Waals surface area contributed by atoms with Crippen LogP contribution in [0.2, 0.25) is 0 Å². The topological polar surface area (TPSA) is 62.3 Å². The molecule has 0 saturated carbocycles. The lowest BCUT2D eigenvalue weighted by Crippen LogP contribution is -2.49. The summed E-state index contributed by atoms with van der Waals surface area (Å²) in [4.78, 5) is 33.4. The molecule has 1 atom stereocenters. The molecule has 4 rings (SSSR count). The molecular formula is C19H21N3O2S2. The van der Waals surface area contributed by atoms with E-state index < -0.39 is 4.87 Å². The zero-order valence-electron chi connectivity index (χ0n) is 14.9. The van der Waals surface area contributed by atoms with E-state index in [2.05, 4.69) is 24.1 Å². The fraction of sp³-hybridized carbons (Fsp3) is 0.421. The van der Waals surface area contributed by atoms with Crippen molar-refractivity contribution in [3.05, 3.63) is 34.8 Å². The molecule has 2 aromatic rings. The smallest absolute Gasteiger partial charge is 0.263 e. The number of nitrogens with zero attached hydrogens (tertiary/aromatic N) is 2. The number of para-hydroxylation sites is 1. The molecule has 5 nitrogen and oxygen atoms in total. The molecule has 26 heavy (non-hydrogen) atoms. The van der Waals surface area contributed by atoms with Gasteiger partial charge in [0.05, 0.1) is 11.4 Å². The van der Waals surface area contributed by atoms with Gasteiger partial charge >= 0.3 is 0 Å². The summed E-state index contributed by atoms with van der Waals surface area (Å²) in [5.74, 6) is -0.137. The van der Waals surface area contributed by atoms with E-state index in [0.29, 0.717) is 18.0 Å². The quantitative estimate of drug-likeness (QED) is 0.834. The Balaban J connectivity index is 1.63. The van der Waals surface area contributed by atoms with Gasteiger partial charge in [0.15, 0.2) is 10.0 Å². The Labute approximate surface area is 161 Å². The molecule has 1 unspecified atom stereocenters. The fourth-order valence-electron chi connectivity index (χ4n) is 3.64. The van der Waals surface area contributed by atoms with Crippen molar-refractivity contribution in [1.82, 2.24) is 4.98 Å². The number of thioether (sulfide) groups is 1. The van der Waals surface area contributed by atoms with Crippen LogP contribution in [0.25, 0.3) is 0 Å². The van der Waals surface area contributed by atoms with Crippen LogP contribution in [0, 0.1) is 0 Å². The van der Waals surface area contributed by atoms with Gasteiger partial charge in [-0.05, 0) is 31.4 Å². The van der Waals surface area contributed by atoms with E-state index >= 15 is 0 Å². The second-order valence-corrected chi connectivity index (χ2v) is 8.93. The molecule has 1 fully saturated rings. The number of carbonyl (C=O) groups is 2. The molecule has 1 aromatic heterocycles. The van der Waals surface area contributed by atoms with Gasteiger partial charge in [0, 0.05) is 16.2 Å². The van der Waals surface area contributed by atoms with Crippen molar-refractivity contribution in [2.75, 3.05) is 10.2 Å². The highest BCUT2D eigenvalue weighted by atomic mass is 32.2. The van der Waals surface area contributed by atoms with Gasteiger partial charge in [0.2, 0.25) is 5.91 Å². The number of hydrogen-bond donors (Lipinski definition) is 1. The normalized spacial score (nSPS) is 21.0. The molecule has 0 radical (unpaired) electrons. The van der Waals surface area contributed by atoms with Crippen molar-refractivity contribution in [3.8, 4) is 0 Å². The van der Waals surface area contributed by atoms with Gasteiger partial charge in [-0.15, -0.1) is 11.3 Å². The van der Waals surface area contributed by atoms with E-state index in [0.717, 1.165) is 35.5 Å². The van der Waals surface area contributed by atoms with Crippen LogP contribution < -0.4 is 10.2 Å². The molecule has 2 aliphatic rings. The fourth-order valence-corrected chi connectivity index (χ4v) is 5.99. The number of fused-ring (bicyclic) bond motifs is 3. The molecule has 0 spiro atoms. The van der Waals surface area contributed by atoms with Crippen LogP contribution in [-0.2, 0) is 22.4 Å². The molecular weight excluding hydrogens is 366 g/mol. The number of nitrogens with one attached hydrogen (secondary N) is 1. The van der Waals surface area contributed by atoms with E-state index in [1.807, 2.05) is 24.3 Å². The first-order valence-corrected chi connectivity index (χ1v) is 10.6. The maximum atomic E-state index is 13.2. The van der Waals surface area contributed by atoms with E-state index in [-0.39, 0.29) is 11.8 Å². The van der Waals surface area contributed by atoms with Crippen LogP contribution in [0.15, 0.2) is 29.2 Å². The minimum absolute atomic E-state index is 0.0117. The molecule has 0 aliphatic carbocycles. The van der Waals surface area contributed by atoms with Crippen LogP contribution in [0.3, 0.4) is 0 Å². The van der Waals surface area contributed by atoms with Crippen molar-refractivity contribution in [1.29, 1.82) is 0 Å². The lowest BCUT2D eigenvalue weighted by atomic mass is 10.2. The van der Waals surface area contributed by atoms with Crippen LogP contribution in [0.5, 0.6) is 0 Å². The number of rotatable bonds is 5. The number of aryl methyl sites for hydroxylation is 2. The summed E-state index contributed by atoms with van der Waals surface area (Å²) in [5, 5.41) is 3.65. The van der Waals surface area contributed by atoms with Crippen molar-refractivity contribution in [2.24, 2.45) is 0 Å². The summed E-state index contributed by atoms with van der Waals surface area (Å²) in [6.45, 7) is 4.24. The molecule has 1 N–H and O–H groups in total. The molecule has 136 valence electrons. The third kappa shape index (κ3) is 2.65. The van der Waals surface area contributed by atoms with Gasteiger partial charge in [-0.3, -0.25) is 19.8 Å². The summed E-state index contributed by atoms with van der Waals surface area (Å²) < 4.78 is 0. The van der Waals surface area contributed by atoms with Crippen LogP contribution in [0.1, 0.15) is 43.7 Å². The Morgan fingerprint density at radius 3 is 2.92 bits per heavy atom. The molecule has 3 heterocycles. The van der Waals surface area contributed by atoms with E-state index in [1.165, 1.54) is 16.6 Å². The Hall–Kier alpha value is -1.86. The van der Waals surface area contributed by atoms with Gasteiger partial charge in [-0.1, -0.05) is 44.2 Å². The van der Waals surface area contributed by atoms with Crippen LogP contribution in [-0.4, -0.2) is 21.7 Å². The average Bonchev–Trinajstić information content (AvgIpc) is 3.28. The number of thiazole rings is 1. The van der Waals surface area contributed by atoms with E-state index in [1.54, 1.807) is 16.2 Å². The second kappa shape index (κ2) is 6.70. The Morgan fingerprint density at radius 1 is 1.35 bits per heavy atom. The number of anilines is 2. The molecule has 1 saturated heterocycles. The number of carbonyl (C=O) groups excluding carboxylic acids is 2. The lowest BCUT2D eigenvalue weighted by Gasteiger charge is -2.29. The van der Waals surface area contributed by atoms with Gasteiger partial charge in [0.1, 0.15) is 0 Å². The SMILES string of the molecule is CCCc1nc(NC(=O)C23CCC(=O)N2c2ccccc2S3)sc1CC. The highest BCUT2D eigenvalue weighted by Crippen LogP contribution is 2.56. The second-order valence-electron chi connectivity index (χ2n) is 6.53. The number of amides is 2. The molecule has 7 heteroatoms. The maximum absolute atomic E-state index is 13.2. The summed E-state index contributed by atoms with van der Waals surface area (Å²) in [7, 11) is 0. The average molecular weight is 388 g/mol. The Kier molecular flexibility index (Phi) is 4.52. The Bertz CT molecular complexity index is 879. The Morgan fingerprint density at radius 2 is 2.15 bits per heavy atom. The lowest BCUT2D eigenvalue weighted by molar-refractivity contribution is -0.121. The highest BCUT2D eigenvalue weighted by Gasteiger charge is 2.57. The van der Waals surface area contributed by atoms with E-state index in [4.69, 9.17) is 0 Å². The number of aromatic nitrogens is 1. The molecule has 2 aliphatic heterocycles. The third-order valence-corrected chi connectivity index (χ3v) is 7.47. The third-order valence-electron chi connectivity index (χ3n) is 4.83. The van der Waals surface area contributed by atoms with Gasteiger partial charge in [0.25, 0.3) is 5.91 Å². The largest absolute Gasteiger partial charge is 0.299 e. The molecule has 2 amide bonds. The zero-order valence-corrected chi connectivity index (χ0v) is 16.5. The minimum Gasteiger partial charge on any atom is -0.299 e. The first-order valence-electron chi connectivity index (χ1n) is 9.00. The highest BCUT2D eigenvalue weighted by molar-refractivity contribution is 8.02. The van der Waals surface area contributed by atoms with Crippen molar-refractivity contribution >= 4 is 45.7 Å². The van der Waals surface area contributed by atoms with E-state index in [9.17, 15) is 9.59 Å². The standard InChI is InChI=1S/C19H21N3O2S2/c1-3-7-12-14(4-2)25-18(20-12)21-17(24)19-11-10-16(23)22(19)13-8-5-6-9-15(13)26-19/h5-6,8-9H,3-4,7,10-11H2,1-2H3,(H,20,21,24). The number of benzene rings is 1. The predicted molar refractivity (Wildman–Crippen MR) is 106 cm³/mol. The minimum atomic E-state index is -0.885. The summed E-state index contributed by atoms with van der Waals surface area (Å²) in [5.41, 5.74) is 1.92. The van der Waals surface area contributed by atoms with Gasteiger partial charge in [-0.2, -0.15) is 0 Å². The predicted octanol–water partition coefficient (Wildman–Crippen LogP) is 4.23. The summed E-state index contributed by atoms with van der Waals surface area (Å²) >= 11 is 3.03. The molecule has 0 bridgehead atoms. The van der Waals surface area contributed by atoms with Gasteiger partial charge in [-0.25, -0.2) is 4.98 Å². The van der Waals surface area contributed by atoms with Gasteiger partial charge < -0.3 is 0 Å². The van der Waals surface area contributed by atoms with Crippen molar-refractivity contribution in [2.45, 2.75) is 55.7 Å². The van der Waals surface area contributed by atoms with Crippen molar-refractivity contribution < 1.29 is 9.59 Å². The number of hydrogen-bond acceptors (Lipinski definition) is 5. The first-order chi connectivity index (χ1) is 12.6. The monoisotopic (exact) mass is 387 g/mol. The summed E-state index contributed by atoms with van der Waals surface area (Å²) in [6, 6.07) is 7.73. The maximum Gasteiger partial charge on any atom is 0.263 e.